The molecule has 34 heavy (non-hydrogen) atoms. The minimum atomic E-state index is -0.425. The summed E-state index contributed by atoms with van der Waals surface area (Å²) in [6.45, 7) is 2.29. The number of amides is 2. The van der Waals surface area contributed by atoms with Gasteiger partial charge in [0, 0.05) is 37.3 Å². The van der Waals surface area contributed by atoms with E-state index in [1.165, 1.54) is 18.2 Å². The van der Waals surface area contributed by atoms with Gasteiger partial charge >= 0.3 is 0 Å². The van der Waals surface area contributed by atoms with Gasteiger partial charge in [-0.2, -0.15) is 10.2 Å². The fourth-order valence-electron chi connectivity index (χ4n) is 4.19. The molecule has 2 aliphatic rings. The normalized spacial score (nSPS) is 17.9. The lowest BCUT2D eigenvalue weighted by atomic mass is 9.98. The van der Waals surface area contributed by atoms with Gasteiger partial charge in [-0.25, -0.2) is 4.39 Å². The molecule has 0 aliphatic carbocycles. The van der Waals surface area contributed by atoms with Gasteiger partial charge in [0.1, 0.15) is 17.7 Å². The van der Waals surface area contributed by atoms with Crippen molar-refractivity contribution in [2.24, 2.45) is 5.92 Å². The number of aromatic nitrogens is 2. The van der Waals surface area contributed by atoms with Crippen LogP contribution >= 0.6 is 0 Å². The molecule has 8 nitrogen and oxygen atoms in total. The number of nitrogens with one attached hydrogen (secondary N) is 1. The summed E-state index contributed by atoms with van der Waals surface area (Å²) < 4.78 is 19.4. The number of hydrogen-bond acceptors (Lipinski definition) is 6. The number of hydrogen-bond donors (Lipinski definition) is 1. The number of carbonyl (C=O) groups is 2. The number of nitrogens with zero attached hydrogens (tertiary/aromatic N) is 4. The van der Waals surface area contributed by atoms with E-state index in [4.69, 9.17) is 4.74 Å². The average molecular weight is 461 g/mol. The van der Waals surface area contributed by atoms with Gasteiger partial charge in [0.2, 0.25) is 5.91 Å². The molecule has 5 rings (SSSR count). The van der Waals surface area contributed by atoms with Gasteiger partial charge in [0.15, 0.2) is 0 Å². The van der Waals surface area contributed by atoms with E-state index < -0.39 is 5.82 Å². The van der Waals surface area contributed by atoms with Crippen molar-refractivity contribution in [3.63, 3.8) is 0 Å². The van der Waals surface area contributed by atoms with Crippen LogP contribution in [0.2, 0.25) is 0 Å². The standard InChI is InChI=1S/C25H24FN5O3/c26-19-3-1-2-17(12-19)25(33)30-11-9-23(16-30)34-22-6-4-20(5-7-22)29-24(32)18-14-31(15-18)21-8-10-27-28-13-21/h1-8,10,12-13,18,23H,9,11,14-16H2,(H,29,32)/t23-/m1/s1. The molecule has 2 amide bonds. The predicted molar refractivity (Wildman–Crippen MR) is 124 cm³/mol. The van der Waals surface area contributed by atoms with Crippen molar-refractivity contribution in [3.8, 4) is 5.75 Å². The quantitative estimate of drug-likeness (QED) is 0.607. The van der Waals surface area contributed by atoms with Crippen LogP contribution in [0.4, 0.5) is 15.8 Å². The highest BCUT2D eigenvalue weighted by Crippen LogP contribution is 2.26. The number of likely N-dealkylation sites (tertiary alicyclic amines) is 1. The molecular weight excluding hydrogens is 437 g/mol. The lowest BCUT2D eigenvalue weighted by molar-refractivity contribution is -0.120. The van der Waals surface area contributed by atoms with Crippen molar-refractivity contribution >= 4 is 23.2 Å². The van der Waals surface area contributed by atoms with Crippen LogP contribution in [0.3, 0.4) is 0 Å². The second-order valence-corrected chi connectivity index (χ2v) is 8.51. The number of halogens is 1. The SMILES string of the molecule is O=C(Nc1ccc(O[C@@H]2CCN(C(=O)c3cccc(F)c3)C2)cc1)C1CN(c2ccnnc2)C1. The van der Waals surface area contributed by atoms with Gasteiger partial charge in [-0.1, -0.05) is 6.07 Å². The van der Waals surface area contributed by atoms with Crippen molar-refractivity contribution in [2.75, 3.05) is 36.4 Å². The Labute approximate surface area is 196 Å². The van der Waals surface area contributed by atoms with E-state index in [2.05, 4.69) is 20.4 Å². The number of benzene rings is 2. The molecule has 1 atom stereocenters. The topological polar surface area (TPSA) is 87.7 Å². The van der Waals surface area contributed by atoms with E-state index in [0.29, 0.717) is 49.6 Å². The maximum Gasteiger partial charge on any atom is 0.254 e. The lowest BCUT2D eigenvalue weighted by Crippen LogP contribution is -2.52. The molecule has 174 valence electrons. The first kappa shape index (κ1) is 21.8. The number of rotatable bonds is 6. The van der Waals surface area contributed by atoms with Crippen LogP contribution in [0.15, 0.2) is 67.0 Å². The van der Waals surface area contributed by atoms with Crippen LogP contribution in [0.1, 0.15) is 16.8 Å². The molecule has 9 heteroatoms. The van der Waals surface area contributed by atoms with E-state index in [1.807, 2.05) is 18.2 Å². The average Bonchev–Trinajstić information content (AvgIpc) is 3.28. The maximum absolute atomic E-state index is 13.4. The van der Waals surface area contributed by atoms with E-state index >= 15 is 0 Å². The van der Waals surface area contributed by atoms with Crippen LogP contribution in [0, 0.1) is 11.7 Å². The summed E-state index contributed by atoms with van der Waals surface area (Å²) in [5.41, 5.74) is 2.01. The van der Waals surface area contributed by atoms with Gasteiger partial charge in [0.05, 0.1) is 30.5 Å². The van der Waals surface area contributed by atoms with E-state index in [1.54, 1.807) is 35.5 Å². The summed E-state index contributed by atoms with van der Waals surface area (Å²) in [6, 6.07) is 14.8. The van der Waals surface area contributed by atoms with Crippen LogP contribution in [-0.4, -0.2) is 59.2 Å². The monoisotopic (exact) mass is 461 g/mol. The summed E-state index contributed by atoms with van der Waals surface area (Å²) in [4.78, 5) is 28.9. The zero-order chi connectivity index (χ0) is 23.5. The zero-order valence-corrected chi connectivity index (χ0v) is 18.4. The maximum atomic E-state index is 13.4. The lowest BCUT2D eigenvalue weighted by Gasteiger charge is -2.39. The predicted octanol–water partition coefficient (Wildman–Crippen LogP) is 2.98. The highest BCUT2D eigenvalue weighted by Gasteiger charge is 2.33. The molecule has 0 radical (unpaired) electrons. The fourth-order valence-corrected chi connectivity index (χ4v) is 4.19. The van der Waals surface area contributed by atoms with Crippen molar-refractivity contribution < 1.29 is 18.7 Å². The van der Waals surface area contributed by atoms with E-state index in [-0.39, 0.29) is 23.8 Å². The molecule has 3 heterocycles. The summed E-state index contributed by atoms with van der Waals surface area (Å²) in [5, 5.41) is 10.6. The molecule has 1 aromatic heterocycles. The first-order valence-corrected chi connectivity index (χ1v) is 11.2. The minimum absolute atomic E-state index is 0.0192. The van der Waals surface area contributed by atoms with Gasteiger partial charge in [-0.05, 0) is 48.5 Å². The molecule has 2 aliphatic heterocycles. The van der Waals surface area contributed by atoms with Crippen molar-refractivity contribution in [1.29, 1.82) is 0 Å². The first-order valence-electron chi connectivity index (χ1n) is 11.2. The van der Waals surface area contributed by atoms with Gasteiger partial charge in [0.25, 0.3) is 5.91 Å². The smallest absolute Gasteiger partial charge is 0.254 e. The van der Waals surface area contributed by atoms with Crippen molar-refractivity contribution in [1.82, 2.24) is 15.1 Å². The summed E-state index contributed by atoms with van der Waals surface area (Å²) in [7, 11) is 0. The Bertz CT molecular complexity index is 1170. The number of carbonyl (C=O) groups excluding carboxylic acids is 2. The van der Waals surface area contributed by atoms with Gasteiger partial charge < -0.3 is 19.9 Å². The molecule has 0 unspecified atom stereocenters. The van der Waals surface area contributed by atoms with E-state index in [0.717, 1.165) is 5.69 Å². The Hall–Kier alpha value is -4.01. The fraction of sp³-hybridized carbons (Fsp3) is 0.280. The van der Waals surface area contributed by atoms with Crippen LogP contribution < -0.4 is 15.0 Å². The van der Waals surface area contributed by atoms with E-state index in [9.17, 15) is 14.0 Å². The van der Waals surface area contributed by atoms with Crippen LogP contribution in [-0.2, 0) is 4.79 Å². The Morgan fingerprint density at radius 1 is 1.03 bits per heavy atom. The highest BCUT2D eigenvalue weighted by atomic mass is 19.1. The summed E-state index contributed by atoms with van der Waals surface area (Å²) in [6.07, 6.45) is 3.89. The van der Waals surface area contributed by atoms with Crippen LogP contribution in [0.25, 0.3) is 0 Å². The Balaban J connectivity index is 1.09. The number of ether oxygens (including phenoxy) is 1. The van der Waals surface area contributed by atoms with Gasteiger partial charge in [-0.3, -0.25) is 9.59 Å². The Morgan fingerprint density at radius 2 is 1.85 bits per heavy atom. The number of anilines is 2. The molecule has 2 saturated heterocycles. The van der Waals surface area contributed by atoms with Crippen LogP contribution in [0.5, 0.6) is 5.75 Å². The molecule has 0 spiro atoms. The third-order valence-corrected chi connectivity index (χ3v) is 6.11. The third-order valence-electron chi connectivity index (χ3n) is 6.11. The summed E-state index contributed by atoms with van der Waals surface area (Å²) >= 11 is 0. The second kappa shape index (κ2) is 9.46. The molecule has 2 aromatic carbocycles. The largest absolute Gasteiger partial charge is 0.489 e. The molecule has 0 bridgehead atoms. The minimum Gasteiger partial charge on any atom is -0.489 e. The van der Waals surface area contributed by atoms with Gasteiger partial charge in [-0.15, -0.1) is 0 Å². The third kappa shape index (κ3) is 4.83. The molecule has 3 aromatic rings. The molecular formula is C25H24FN5O3. The second-order valence-electron chi connectivity index (χ2n) is 8.51. The van der Waals surface area contributed by atoms with Crippen molar-refractivity contribution in [2.45, 2.75) is 12.5 Å². The molecule has 2 fully saturated rings. The van der Waals surface area contributed by atoms with Crippen molar-refractivity contribution in [3.05, 3.63) is 78.4 Å². The summed E-state index contributed by atoms with van der Waals surface area (Å²) in [5.74, 6) is -0.0504. The Kier molecular flexibility index (Phi) is 6.07. The first-order chi connectivity index (χ1) is 16.5. The Morgan fingerprint density at radius 3 is 2.59 bits per heavy atom. The highest BCUT2D eigenvalue weighted by molar-refractivity contribution is 5.95. The zero-order valence-electron chi connectivity index (χ0n) is 18.4. The molecule has 1 N–H and O–H groups in total. The molecule has 0 saturated carbocycles.